The van der Waals surface area contributed by atoms with E-state index in [2.05, 4.69) is 42.3 Å². The summed E-state index contributed by atoms with van der Waals surface area (Å²) in [6.07, 6.45) is 5.54. The maximum Gasteiger partial charge on any atom is 0.0224 e. The number of hydrogen-bond acceptors (Lipinski definition) is 3. The SMILES string of the molecule is CCSCCC(C)N1CC2CCCN2CC1CC. The lowest BCUT2D eigenvalue weighted by Gasteiger charge is -2.46. The van der Waals surface area contributed by atoms with E-state index in [4.69, 9.17) is 0 Å². The monoisotopic (exact) mass is 270 g/mol. The van der Waals surface area contributed by atoms with E-state index in [9.17, 15) is 0 Å². The summed E-state index contributed by atoms with van der Waals surface area (Å²) in [6.45, 7) is 11.1. The van der Waals surface area contributed by atoms with Crippen LogP contribution in [-0.2, 0) is 0 Å². The fourth-order valence-electron chi connectivity index (χ4n) is 3.58. The molecule has 3 atom stereocenters. The minimum Gasteiger partial charge on any atom is -0.298 e. The lowest BCUT2D eigenvalue weighted by Crippen LogP contribution is -2.58. The van der Waals surface area contributed by atoms with Gasteiger partial charge >= 0.3 is 0 Å². The van der Waals surface area contributed by atoms with Crippen LogP contribution in [0.4, 0.5) is 0 Å². The van der Waals surface area contributed by atoms with Crippen LogP contribution in [0, 0.1) is 0 Å². The molecule has 2 nitrogen and oxygen atoms in total. The molecule has 2 fully saturated rings. The van der Waals surface area contributed by atoms with E-state index in [0.29, 0.717) is 0 Å². The van der Waals surface area contributed by atoms with E-state index in [0.717, 1.165) is 18.1 Å². The van der Waals surface area contributed by atoms with Gasteiger partial charge in [-0.25, -0.2) is 0 Å². The predicted molar refractivity (Wildman–Crippen MR) is 82.5 cm³/mol. The van der Waals surface area contributed by atoms with Crippen molar-refractivity contribution >= 4 is 11.8 Å². The molecule has 18 heavy (non-hydrogen) atoms. The van der Waals surface area contributed by atoms with Crippen molar-refractivity contribution in [2.24, 2.45) is 0 Å². The van der Waals surface area contributed by atoms with Crippen LogP contribution in [0.1, 0.15) is 46.5 Å². The molecule has 0 aromatic carbocycles. The predicted octanol–water partition coefficient (Wildman–Crippen LogP) is 3.08. The van der Waals surface area contributed by atoms with Crippen molar-refractivity contribution in [1.29, 1.82) is 0 Å². The topological polar surface area (TPSA) is 6.48 Å². The summed E-state index contributed by atoms with van der Waals surface area (Å²) in [5.74, 6) is 2.60. The molecule has 0 spiro atoms. The smallest absolute Gasteiger partial charge is 0.0224 e. The zero-order valence-corrected chi connectivity index (χ0v) is 13.2. The maximum absolute atomic E-state index is 2.82. The Bertz CT molecular complexity index is 247. The molecule has 0 N–H and O–H groups in total. The largest absolute Gasteiger partial charge is 0.298 e. The van der Waals surface area contributed by atoms with Gasteiger partial charge < -0.3 is 0 Å². The normalized spacial score (nSPS) is 31.5. The second-order valence-electron chi connectivity index (χ2n) is 5.88. The molecule has 0 aromatic heterocycles. The third kappa shape index (κ3) is 3.43. The van der Waals surface area contributed by atoms with Crippen LogP contribution in [0.25, 0.3) is 0 Å². The molecule has 3 heteroatoms. The lowest BCUT2D eigenvalue weighted by atomic mass is 10.0. The Morgan fingerprint density at radius 1 is 1.28 bits per heavy atom. The summed E-state index contributed by atoms with van der Waals surface area (Å²) < 4.78 is 0. The first-order valence-electron chi connectivity index (χ1n) is 7.83. The van der Waals surface area contributed by atoms with E-state index >= 15 is 0 Å². The van der Waals surface area contributed by atoms with Gasteiger partial charge in [-0.3, -0.25) is 9.80 Å². The van der Waals surface area contributed by atoms with Crippen LogP contribution in [-0.4, -0.2) is 59.1 Å². The summed E-state index contributed by atoms with van der Waals surface area (Å²) in [4.78, 5) is 5.57. The van der Waals surface area contributed by atoms with Crippen LogP contribution < -0.4 is 0 Å². The highest BCUT2D eigenvalue weighted by molar-refractivity contribution is 7.99. The molecule has 2 rings (SSSR count). The van der Waals surface area contributed by atoms with Crippen LogP contribution in [0.2, 0.25) is 0 Å². The lowest BCUT2D eigenvalue weighted by molar-refractivity contribution is 0.0226. The number of hydrogen-bond donors (Lipinski definition) is 0. The van der Waals surface area contributed by atoms with Crippen molar-refractivity contribution in [2.75, 3.05) is 31.1 Å². The molecule has 0 saturated carbocycles. The van der Waals surface area contributed by atoms with Gasteiger partial charge in [-0.05, 0) is 50.7 Å². The Hall–Kier alpha value is 0.270. The number of thioether (sulfide) groups is 1. The minimum absolute atomic E-state index is 0.775. The Morgan fingerprint density at radius 2 is 2.11 bits per heavy atom. The molecule has 2 aliphatic heterocycles. The van der Waals surface area contributed by atoms with Gasteiger partial charge in [0.2, 0.25) is 0 Å². The first-order valence-corrected chi connectivity index (χ1v) is 8.99. The molecular weight excluding hydrogens is 240 g/mol. The van der Waals surface area contributed by atoms with Gasteiger partial charge in [0.05, 0.1) is 0 Å². The second kappa shape index (κ2) is 7.16. The van der Waals surface area contributed by atoms with Gasteiger partial charge in [0.25, 0.3) is 0 Å². The second-order valence-corrected chi connectivity index (χ2v) is 7.28. The molecule has 2 saturated heterocycles. The molecule has 0 aromatic rings. The Labute approximate surface area is 117 Å². The number of nitrogens with zero attached hydrogens (tertiary/aromatic N) is 2. The molecule has 0 aliphatic carbocycles. The average molecular weight is 270 g/mol. The summed E-state index contributed by atoms with van der Waals surface area (Å²) in [5.41, 5.74) is 0. The first kappa shape index (κ1) is 14.7. The standard InChI is InChI=1S/C15H30N2S/c1-4-14-11-16-9-6-7-15(16)12-17(14)13(3)8-10-18-5-2/h13-15H,4-12H2,1-3H3. The van der Waals surface area contributed by atoms with Crippen LogP contribution in [0.5, 0.6) is 0 Å². The van der Waals surface area contributed by atoms with E-state index in [1.165, 1.54) is 56.8 Å². The van der Waals surface area contributed by atoms with Crippen molar-refractivity contribution < 1.29 is 0 Å². The molecule has 106 valence electrons. The summed E-state index contributed by atoms with van der Waals surface area (Å²) in [5, 5.41) is 0. The van der Waals surface area contributed by atoms with Gasteiger partial charge in [-0.15, -0.1) is 0 Å². The molecule has 3 unspecified atom stereocenters. The first-order chi connectivity index (χ1) is 8.76. The third-order valence-corrected chi connectivity index (χ3v) is 5.69. The number of fused-ring (bicyclic) bond motifs is 1. The molecule has 0 radical (unpaired) electrons. The zero-order chi connectivity index (χ0) is 13.0. The van der Waals surface area contributed by atoms with Gasteiger partial charge in [0, 0.05) is 31.2 Å². The van der Waals surface area contributed by atoms with Crippen molar-refractivity contribution in [3.8, 4) is 0 Å². The molecule has 0 amide bonds. The van der Waals surface area contributed by atoms with Crippen molar-refractivity contribution in [3.63, 3.8) is 0 Å². The zero-order valence-electron chi connectivity index (χ0n) is 12.4. The van der Waals surface area contributed by atoms with E-state index in [1.807, 2.05) is 0 Å². The Balaban J connectivity index is 1.88. The summed E-state index contributed by atoms with van der Waals surface area (Å²) >= 11 is 2.09. The highest BCUT2D eigenvalue weighted by atomic mass is 32.2. The molecule has 2 heterocycles. The van der Waals surface area contributed by atoms with Crippen LogP contribution in [0.15, 0.2) is 0 Å². The van der Waals surface area contributed by atoms with Gasteiger partial charge in [-0.2, -0.15) is 11.8 Å². The highest BCUT2D eigenvalue weighted by Gasteiger charge is 2.36. The summed E-state index contributed by atoms with van der Waals surface area (Å²) in [6, 6.07) is 2.45. The van der Waals surface area contributed by atoms with Crippen LogP contribution in [0.3, 0.4) is 0 Å². The number of rotatable bonds is 6. The van der Waals surface area contributed by atoms with E-state index < -0.39 is 0 Å². The van der Waals surface area contributed by atoms with Crippen molar-refractivity contribution in [2.45, 2.75) is 64.6 Å². The maximum atomic E-state index is 2.82. The quantitative estimate of drug-likeness (QED) is 0.685. The number of piperazine rings is 1. The molecule has 2 aliphatic rings. The third-order valence-electron chi connectivity index (χ3n) is 4.76. The van der Waals surface area contributed by atoms with E-state index in [1.54, 1.807) is 0 Å². The fourth-order valence-corrected chi connectivity index (χ4v) is 4.37. The summed E-state index contributed by atoms with van der Waals surface area (Å²) in [7, 11) is 0. The van der Waals surface area contributed by atoms with Crippen LogP contribution >= 0.6 is 11.8 Å². The van der Waals surface area contributed by atoms with Gasteiger partial charge in [-0.1, -0.05) is 13.8 Å². The Morgan fingerprint density at radius 3 is 2.83 bits per heavy atom. The highest BCUT2D eigenvalue weighted by Crippen LogP contribution is 2.28. The Kier molecular flexibility index (Phi) is 5.84. The van der Waals surface area contributed by atoms with Crippen molar-refractivity contribution in [1.82, 2.24) is 9.80 Å². The van der Waals surface area contributed by atoms with E-state index in [-0.39, 0.29) is 0 Å². The fraction of sp³-hybridized carbons (Fsp3) is 1.00. The van der Waals surface area contributed by atoms with Gasteiger partial charge in [0.1, 0.15) is 0 Å². The minimum atomic E-state index is 0.775. The average Bonchev–Trinajstić information content (AvgIpc) is 2.84. The molecule has 0 bridgehead atoms. The van der Waals surface area contributed by atoms with Gasteiger partial charge in [0.15, 0.2) is 0 Å². The molecular formula is C15H30N2S. The van der Waals surface area contributed by atoms with Crippen molar-refractivity contribution in [3.05, 3.63) is 0 Å².